The third-order valence-corrected chi connectivity index (χ3v) is 1.53. The van der Waals surface area contributed by atoms with Gasteiger partial charge in [-0.25, -0.2) is 0 Å². The molecule has 2 unspecified atom stereocenters. The molecule has 2 atom stereocenters. The summed E-state index contributed by atoms with van der Waals surface area (Å²) in [5, 5.41) is 15.9. The highest BCUT2D eigenvalue weighted by atomic mass is 16.6. The highest BCUT2D eigenvalue weighted by Gasteiger charge is 2.22. The van der Waals surface area contributed by atoms with Crippen LogP contribution in [0.1, 0.15) is 27.2 Å². The quantitative estimate of drug-likeness (QED) is 0.515. The van der Waals surface area contributed by atoms with Gasteiger partial charge in [-0.3, -0.25) is 0 Å². The molecule has 0 aromatic heterocycles. The van der Waals surface area contributed by atoms with Crippen LogP contribution in [0.5, 0.6) is 0 Å². The Balaban J connectivity index is 0. The molecule has 0 aromatic carbocycles. The lowest BCUT2D eigenvalue weighted by Gasteiger charge is -2.02. The Hall–Kier alpha value is -0.820. The summed E-state index contributed by atoms with van der Waals surface area (Å²) in [7, 11) is 0. The van der Waals surface area contributed by atoms with Crippen LogP contribution in [0, 0.1) is 0 Å². The Kier molecular flexibility index (Phi) is 15.4. The Bertz CT molecular complexity index is 189. The lowest BCUT2D eigenvalue weighted by atomic mass is 10.4. The van der Waals surface area contributed by atoms with Crippen LogP contribution >= 0.6 is 0 Å². The molecular formula is C12H24O6. The van der Waals surface area contributed by atoms with Gasteiger partial charge in [0.1, 0.15) is 18.5 Å². The van der Waals surface area contributed by atoms with Gasteiger partial charge in [0.15, 0.2) is 6.29 Å². The fourth-order valence-corrected chi connectivity index (χ4v) is 0.507. The van der Waals surface area contributed by atoms with Crippen LogP contribution in [0.4, 0.5) is 0 Å². The fourth-order valence-electron chi connectivity index (χ4n) is 0.507. The van der Waals surface area contributed by atoms with Gasteiger partial charge in [0.2, 0.25) is 0 Å². The van der Waals surface area contributed by atoms with Crippen molar-refractivity contribution < 1.29 is 29.3 Å². The summed E-state index contributed by atoms with van der Waals surface area (Å²) in [6.45, 7) is 7.06. The van der Waals surface area contributed by atoms with E-state index < -0.39 is 12.7 Å². The van der Waals surface area contributed by atoms with Gasteiger partial charge in [0.25, 0.3) is 0 Å². The topological polar surface area (TPSA) is 96.4 Å². The molecule has 0 saturated carbocycles. The molecule has 6 heteroatoms. The minimum atomic E-state index is -1.19. The van der Waals surface area contributed by atoms with Crippen LogP contribution in [-0.2, 0) is 19.1 Å². The van der Waals surface area contributed by atoms with E-state index in [1.165, 1.54) is 0 Å². The normalized spacial score (nSPS) is 17.8. The number of aliphatic hydroxyl groups excluding tert-OH is 2. The summed E-state index contributed by atoms with van der Waals surface area (Å²) >= 11 is 0. The molecule has 18 heavy (non-hydrogen) atoms. The van der Waals surface area contributed by atoms with Gasteiger partial charge in [-0.1, -0.05) is 6.92 Å². The number of aldehydes is 2. The van der Waals surface area contributed by atoms with Gasteiger partial charge in [-0.05, 0) is 13.8 Å². The highest BCUT2D eigenvalue weighted by molar-refractivity contribution is 5.55. The van der Waals surface area contributed by atoms with Gasteiger partial charge < -0.3 is 29.3 Å². The van der Waals surface area contributed by atoms with E-state index in [-0.39, 0.29) is 6.29 Å². The van der Waals surface area contributed by atoms with E-state index in [2.05, 4.69) is 0 Å². The van der Waals surface area contributed by atoms with E-state index in [0.717, 1.165) is 19.5 Å². The number of carbonyl (C=O) groups is 2. The number of hydrogen-bond acceptors (Lipinski definition) is 6. The highest BCUT2D eigenvalue weighted by Crippen LogP contribution is 2.09. The third kappa shape index (κ3) is 20.6. The minimum absolute atomic E-state index is 0.278. The number of carbonyl (C=O) groups excluding carboxylic acids is 2. The summed E-state index contributed by atoms with van der Waals surface area (Å²) in [5.74, 6) is 0. The molecule has 1 heterocycles. The van der Waals surface area contributed by atoms with Crippen LogP contribution in [0.25, 0.3) is 0 Å². The first kappa shape index (κ1) is 19.5. The van der Waals surface area contributed by atoms with Crippen molar-refractivity contribution in [1.29, 1.82) is 0 Å². The molecule has 0 bridgehead atoms. The molecule has 1 saturated heterocycles. The second-order valence-corrected chi connectivity index (χ2v) is 3.80. The van der Waals surface area contributed by atoms with E-state index in [4.69, 9.17) is 19.7 Å². The van der Waals surface area contributed by atoms with Crippen molar-refractivity contribution >= 4 is 12.6 Å². The molecule has 0 aliphatic carbocycles. The van der Waals surface area contributed by atoms with Crippen molar-refractivity contribution in [1.82, 2.24) is 0 Å². The van der Waals surface area contributed by atoms with Gasteiger partial charge in [0, 0.05) is 6.42 Å². The van der Waals surface area contributed by atoms with E-state index in [9.17, 15) is 9.59 Å². The maximum atomic E-state index is 9.33. The molecule has 1 fully saturated rings. The van der Waals surface area contributed by atoms with Gasteiger partial charge in [-0.15, -0.1) is 0 Å². The molecule has 108 valence electrons. The first-order valence-corrected chi connectivity index (χ1v) is 5.92. The zero-order chi connectivity index (χ0) is 14.4. The predicted octanol–water partition coefficient (Wildman–Crippen LogP) is -0.0560. The summed E-state index contributed by atoms with van der Waals surface area (Å²) in [4.78, 5) is 18.5. The van der Waals surface area contributed by atoms with Gasteiger partial charge in [0.05, 0.1) is 25.9 Å². The van der Waals surface area contributed by atoms with Crippen LogP contribution < -0.4 is 0 Å². The Morgan fingerprint density at radius 2 is 1.94 bits per heavy atom. The number of ether oxygens (including phenoxy) is 2. The largest absolute Gasteiger partial charge is 0.393 e. The number of hydrogen-bond donors (Lipinski definition) is 2. The molecule has 0 radical (unpaired) electrons. The molecular weight excluding hydrogens is 240 g/mol. The van der Waals surface area contributed by atoms with Crippen molar-refractivity contribution in [2.24, 2.45) is 0 Å². The lowest BCUT2D eigenvalue weighted by Crippen LogP contribution is -2.12. The molecule has 2 N–H and O–H groups in total. The minimum Gasteiger partial charge on any atom is -0.393 e. The molecule has 1 aliphatic heterocycles. The number of epoxide rings is 1. The standard InChI is InChI=1S/C6H12O2.C3H6O3.C3H6O/c1-5(2)7-3-6-4-8-6;4-1-3(6)2-5;1-2-3-4/h5-6H,3-4H2,1-2H3;1,3,5-6H,2H2;3H,2H2,1H3. The van der Waals surface area contributed by atoms with E-state index in [1.54, 1.807) is 0 Å². The van der Waals surface area contributed by atoms with Gasteiger partial charge >= 0.3 is 0 Å². The number of rotatable bonds is 6. The summed E-state index contributed by atoms with van der Waals surface area (Å²) in [6.07, 6.45) is 1.36. The average Bonchev–Trinajstić information content (AvgIpc) is 3.20. The molecule has 6 nitrogen and oxygen atoms in total. The van der Waals surface area contributed by atoms with Crippen molar-refractivity contribution in [2.45, 2.75) is 45.5 Å². The molecule has 1 rings (SSSR count). The van der Waals surface area contributed by atoms with Crippen molar-refractivity contribution in [3.05, 3.63) is 0 Å². The second-order valence-electron chi connectivity index (χ2n) is 3.80. The lowest BCUT2D eigenvalue weighted by molar-refractivity contribution is -0.116. The van der Waals surface area contributed by atoms with Gasteiger partial charge in [-0.2, -0.15) is 0 Å². The second kappa shape index (κ2) is 14.2. The molecule has 0 amide bonds. The van der Waals surface area contributed by atoms with Crippen molar-refractivity contribution in [3.63, 3.8) is 0 Å². The van der Waals surface area contributed by atoms with Crippen LogP contribution in [0.2, 0.25) is 0 Å². The summed E-state index contributed by atoms with van der Waals surface area (Å²) in [5.41, 5.74) is 0. The first-order chi connectivity index (χ1) is 8.51. The van der Waals surface area contributed by atoms with E-state index >= 15 is 0 Å². The Morgan fingerprint density at radius 1 is 1.44 bits per heavy atom. The Labute approximate surface area is 108 Å². The summed E-state index contributed by atoms with van der Waals surface area (Å²) < 4.78 is 10.2. The SMILES string of the molecule is CC(C)OCC1CO1.CCC=O.O=CC(O)CO. The molecule has 1 aliphatic rings. The molecule has 0 aromatic rings. The predicted molar refractivity (Wildman–Crippen MR) is 66.3 cm³/mol. The first-order valence-electron chi connectivity index (χ1n) is 5.92. The fraction of sp³-hybridized carbons (Fsp3) is 0.833. The van der Waals surface area contributed by atoms with Crippen LogP contribution in [0.15, 0.2) is 0 Å². The smallest absolute Gasteiger partial charge is 0.150 e. The summed E-state index contributed by atoms with van der Waals surface area (Å²) in [6, 6.07) is 0. The zero-order valence-electron chi connectivity index (χ0n) is 11.2. The third-order valence-electron chi connectivity index (χ3n) is 1.53. The molecule has 0 spiro atoms. The van der Waals surface area contributed by atoms with Crippen LogP contribution in [0.3, 0.4) is 0 Å². The number of aliphatic hydroxyl groups is 2. The zero-order valence-corrected chi connectivity index (χ0v) is 11.2. The van der Waals surface area contributed by atoms with Crippen LogP contribution in [-0.4, -0.2) is 60.9 Å². The van der Waals surface area contributed by atoms with Crippen molar-refractivity contribution in [3.8, 4) is 0 Å². The maximum absolute atomic E-state index is 9.33. The van der Waals surface area contributed by atoms with E-state index in [1.807, 2.05) is 20.8 Å². The Morgan fingerprint density at radius 3 is 2.11 bits per heavy atom. The monoisotopic (exact) mass is 264 g/mol. The van der Waals surface area contributed by atoms with E-state index in [0.29, 0.717) is 18.6 Å². The average molecular weight is 264 g/mol. The maximum Gasteiger partial charge on any atom is 0.150 e. The van der Waals surface area contributed by atoms with Crippen molar-refractivity contribution in [2.75, 3.05) is 19.8 Å².